The van der Waals surface area contributed by atoms with Crippen LogP contribution in [0.2, 0.25) is 0 Å². The summed E-state index contributed by atoms with van der Waals surface area (Å²) in [5.41, 5.74) is 1.50. The Balaban J connectivity index is 1.46. The highest BCUT2D eigenvalue weighted by atomic mass is 32.1. The van der Waals surface area contributed by atoms with Gasteiger partial charge in [-0.25, -0.2) is 9.97 Å². The number of carbonyl (C=O) groups is 1. The molecule has 0 unspecified atom stereocenters. The van der Waals surface area contributed by atoms with Crippen molar-refractivity contribution in [1.29, 1.82) is 0 Å². The van der Waals surface area contributed by atoms with E-state index in [-0.39, 0.29) is 5.91 Å². The van der Waals surface area contributed by atoms with E-state index in [1.54, 1.807) is 0 Å². The zero-order valence-corrected chi connectivity index (χ0v) is 18.8. The number of thiophene rings is 1. The van der Waals surface area contributed by atoms with Crippen molar-refractivity contribution in [2.24, 2.45) is 5.92 Å². The van der Waals surface area contributed by atoms with Gasteiger partial charge in [-0.05, 0) is 44.1 Å². The molecule has 7 heteroatoms. The van der Waals surface area contributed by atoms with Gasteiger partial charge in [0.1, 0.15) is 16.5 Å². The first-order valence-corrected chi connectivity index (χ1v) is 11.9. The van der Waals surface area contributed by atoms with Crippen LogP contribution >= 0.6 is 11.3 Å². The number of amides is 1. The maximum absolute atomic E-state index is 12.1. The molecule has 2 aliphatic rings. The number of hydrogen-bond donors (Lipinski definition) is 1. The van der Waals surface area contributed by atoms with E-state index in [1.807, 2.05) is 18.3 Å². The third-order valence-electron chi connectivity index (χ3n) is 6.14. The minimum absolute atomic E-state index is 0.146. The minimum atomic E-state index is 0.146. The molecule has 1 amide bonds. The minimum Gasteiger partial charge on any atom is -0.355 e. The number of unbranched alkanes of at least 4 members (excludes halogenated alkanes) is 1. The maximum atomic E-state index is 12.1. The number of hydrogen-bond acceptors (Lipinski definition) is 6. The molecule has 1 fully saturated rings. The smallest absolute Gasteiger partial charge is 0.234 e. The molecule has 1 aliphatic heterocycles. The van der Waals surface area contributed by atoms with Gasteiger partial charge in [0.25, 0.3) is 0 Å². The van der Waals surface area contributed by atoms with Crippen LogP contribution in [0.5, 0.6) is 0 Å². The van der Waals surface area contributed by atoms with Gasteiger partial charge in [-0.1, -0.05) is 20.3 Å². The zero-order chi connectivity index (χ0) is 20.4. The molecule has 1 aliphatic carbocycles. The lowest BCUT2D eigenvalue weighted by atomic mass is 9.89. The monoisotopic (exact) mass is 415 g/mol. The Labute approximate surface area is 177 Å². The Morgan fingerprint density at radius 2 is 2.03 bits per heavy atom. The summed E-state index contributed by atoms with van der Waals surface area (Å²) in [4.78, 5) is 29.1. The maximum Gasteiger partial charge on any atom is 0.234 e. The van der Waals surface area contributed by atoms with Crippen molar-refractivity contribution in [3.05, 3.63) is 16.3 Å². The van der Waals surface area contributed by atoms with Gasteiger partial charge in [-0.2, -0.15) is 0 Å². The molecule has 158 valence electrons. The number of carbonyl (C=O) groups excluding carboxylic acids is 1. The molecule has 2 aromatic rings. The van der Waals surface area contributed by atoms with Crippen LogP contribution in [0.1, 0.15) is 49.4 Å². The summed E-state index contributed by atoms with van der Waals surface area (Å²) in [7, 11) is 0. The number of fused-ring (bicyclic) bond motifs is 3. The van der Waals surface area contributed by atoms with Crippen LogP contribution in [0.3, 0.4) is 0 Å². The molecule has 2 aromatic heterocycles. The van der Waals surface area contributed by atoms with Crippen LogP contribution < -0.4 is 10.2 Å². The van der Waals surface area contributed by atoms with E-state index in [9.17, 15) is 4.79 Å². The van der Waals surface area contributed by atoms with E-state index in [0.717, 1.165) is 74.4 Å². The summed E-state index contributed by atoms with van der Waals surface area (Å²) in [6, 6.07) is 0. The molecule has 0 spiro atoms. The molecule has 3 heterocycles. The molecule has 6 nitrogen and oxygen atoms in total. The van der Waals surface area contributed by atoms with Crippen molar-refractivity contribution >= 4 is 33.3 Å². The van der Waals surface area contributed by atoms with E-state index in [1.165, 1.54) is 28.7 Å². The number of aromatic nitrogens is 2. The summed E-state index contributed by atoms with van der Waals surface area (Å²) in [6.07, 6.45) is 5.74. The van der Waals surface area contributed by atoms with Gasteiger partial charge in [0, 0.05) is 37.6 Å². The fourth-order valence-corrected chi connectivity index (χ4v) is 5.86. The summed E-state index contributed by atoms with van der Waals surface area (Å²) < 4.78 is 0. The lowest BCUT2D eigenvalue weighted by molar-refractivity contribution is -0.122. The largest absolute Gasteiger partial charge is 0.355 e. The molecular formula is C22H33N5OS. The van der Waals surface area contributed by atoms with Crippen molar-refractivity contribution in [2.45, 2.75) is 52.9 Å². The summed E-state index contributed by atoms with van der Waals surface area (Å²) in [5, 5.41) is 4.33. The summed E-state index contributed by atoms with van der Waals surface area (Å²) in [5.74, 6) is 2.89. The molecule has 1 atom stereocenters. The topological polar surface area (TPSA) is 61.4 Å². The van der Waals surface area contributed by atoms with Gasteiger partial charge in [-0.3, -0.25) is 9.69 Å². The fourth-order valence-electron chi connectivity index (χ4n) is 4.44. The quantitative estimate of drug-likeness (QED) is 0.735. The van der Waals surface area contributed by atoms with Crippen molar-refractivity contribution in [3.8, 4) is 0 Å². The summed E-state index contributed by atoms with van der Waals surface area (Å²) in [6.45, 7) is 11.4. The van der Waals surface area contributed by atoms with Crippen LogP contribution in [0, 0.1) is 12.8 Å². The Hall–Kier alpha value is -1.73. The van der Waals surface area contributed by atoms with Crippen LogP contribution in [-0.2, 0) is 17.6 Å². The van der Waals surface area contributed by atoms with E-state index in [0.29, 0.717) is 6.54 Å². The first kappa shape index (κ1) is 20.5. The van der Waals surface area contributed by atoms with Gasteiger partial charge < -0.3 is 10.2 Å². The third-order valence-corrected chi connectivity index (χ3v) is 7.29. The van der Waals surface area contributed by atoms with Crippen LogP contribution in [-0.4, -0.2) is 60.0 Å². The standard InChI is InChI=1S/C22H33N5OS/c1-4-5-8-23-19(28)14-26-9-11-27(12-10-26)21-20-17-7-6-15(2)13-18(17)29-22(20)25-16(3)24-21/h15H,4-14H2,1-3H3,(H,23,28)/t15-/m1/s1. The molecule has 4 rings (SSSR count). The summed E-state index contributed by atoms with van der Waals surface area (Å²) >= 11 is 1.87. The Kier molecular flexibility index (Phi) is 6.35. The highest BCUT2D eigenvalue weighted by Gasteiger charge is 2.27. The van der Waals surface area contributed by atoms with Crippen LogP contribution in [0.25, 0.3) is 10.2 Å². The number of aryl methyl sites for hydroxylation is 2. The van der Waals surface area contributed by atoms with Gasteiger partial charge in [0.05, 0.1) is 11.9 Å². The highest BCUT2D eigenvalue weighted by molar-refractivity contribution is 7.19. The number of piperazine rings is 1. The highest BCUT2D eigenvalue weighted by Crippen LogP contribution is 2.41. The fraction of sp³-hybridized carbons (Fsp3) is 0.682. The second kappa shape index (κ2) is 8.96. The average Bonchev–Trinajstić information content (AvgIpc) is 3.05. The van der Waals surface area contributed by atoms with E-state index in [4.69, 9.17) is 9.97 Å². The van der Waals surface area contributed by atoms with Gasteiger partial charge in [-0.15, -0.1) is 11.3 Å². The van der Waals surface area contributed by atoms with E-state index < -0.39 is 0 Å². The van der Waals surface area contributed by atoms with E-state index >= 15 is 0 Å². The number of nitrogens with one attached hydrogen (secondary N) is 1. The second-order valence-corrected chi connectivity index (χ2v) is 9.68. The predicted molar refractivity (Wildman–Crippen MR) is 120 cm³/mol. The van der Waals surface area contributed by atoms with Crippen molar-refractivity contribution in [2.75, 3.05) is 44.2 Å². The van der Waals surface area contributed by atoms with Gasteiger partial charge >= 0.3 is 0 Å². The average molecular weight is 416 g/mol. The number of nitrogens with zero attached hydrogens (tertiary/aromatic N) is 4. The molecule has 0 aromatic carbocycles. The van der Waals surface area contributed by atoms with Crippen molar-refractivity contribution in [1.82, 2.24) is 20.2 Å². The first-order valence-electron chi connectivity index (χ1n) is 11.1. The third kappa shape index (κ3) is 4.56. The molecular weight excluding hydrogens is 382 g/mol. The Morgan fingerprint density at radius 3 is 2.79 bits per heavy atom. The lowest BCUT2D eigenvalue weighted by Crippen LogP contribution is -2.50. The SMILES string of the molecule is CCCCNC(=O)CN1CCN(c2nc(C)nc3sc4c(c23)CC[C@@H](C)C4)CC1. The Morgan fingerprint density at radius 1 is 1.24 bits per heavy atom. The Bertz CT molecular complexity index is 872. The van der Waals surface area contributed by atoms with Crippen molar-refractivity contribution < 1.29 is 4.79 Å². The molecule has 1 saturated heterocycles. The molecule has 0 bridgehead atoms. The molecule has 0 radical (unpaired) electrons. The van der Waals surface area contributed by atoms with Crippen molar-refractivity contribution in [3.63, 3.8) is 0 Å². The predicted octanol–water partition coefficient (Wildman–Crippen LogP) is 3.16. The number of anilines is 1. The zero-order valence-electron chi connectivity index (χ0n) is 18.0. The van der Waals surface area contributed by atoms with Crippen LogP contribution in [0.15, 0.2) is 0 Å². The molecule has 29 heavy (non-hydrogen) atoms. The van der Waals surface area contributed by atoms with Gasteiger partial charge in [0.2, 0.25) is 5.91 Å². The number of rotatable bonds is 6. The normalized spacial score (nSPS) is 20.1. The van der Waals surface area contributed by atoms with E-state index in [2.05, 4.69) is 29.0 Å². The van der Waals surface area contributed by atoms with Crippen LogP contribution in [0.4, 0.5) is 5.82 Å². The second-order valence-electron chi connectivity index (χ2n) is 8.59. The van der Waals surface area contributed by atoms with Gasteiger partial charge in [0.15, 0.2) is 0 Å². The lowest BCUT2D eigenvalue weighted by Gasteiger charge is -2.35. The molecule has 1 N–H and O–H groups in total. The first-order chi connectivity index (χ1) is 14.0. The molecule has 0 saturated carbocycles.